The number of hydrogen-bond donors (Lipinski definition) is 4. The number of carboxylic acids is 1. The standard InChI is InChI=1S/C13H13N3O5/c14-10(17)5-9(13(20)21)16-12(19)7-2-1-6-4-11(18)15-8(6)3-7/h1-3,9H,4-5H2,(H2,14,17)(H,15,18)(H,16,19)(H,20,21). The number of carboxylic acid groups (broad SMARTS) is 1. The Labute approximate surface area is 119 Å². The summed E-state index contributed by atoms with van der Waals surface area (Å²) in [6.07, 6.45) is -0.251. The van der Waals surface area contributed by atoms with E-state index in [1.54, 1.807) is 6.07 Å². The van der Waals surface area contributed by atoms with E-state index in [0.29, 0.717) is 5.69 Å². The van der Waals surface area contributed by atoms with Crippen molar-refractivity contribution in [2.75, 3.05) is 5.32 Å². The van der Waals surface area contributed by atoms with Gasteiger partial charge in [0.05, 0.1) is 12.8 Å². The lowest BCUT2D eigenvalue weighted by Crippen LogP contribution is -2.43. The third-order valence-corrected chi connectivity index (χ3v) is 3.01. The molecule has 0 aliphatic carbocycles. The maximum atomic E-state index is 12.0. The summed E-state index contributed by atoms with van der Waals surface area (Å²) in [4.78, 5) is 44.9. The van der Waals surface area contributed by atoms with E-state index in [1.807, 2.05) is 0 Å². The number of rotatable bonds is 5. The van der Waals surface area contributed by atoms with Crippen molar-refractivity contribution in [2.45, 2.75) is 18.9 Å². The molecule has 1 aromatic carbocycles. The molecule has 0 saturated heterocycles. The van der Waals surface area contributed by atoms with Crippen LogP contribution in [0, 0.1) is 0 Å². The van der Waals surface area contributed by atoms with Crippen molar-refractivity contribution in [3.63, 3.8) is 0 Å². The minimum absolute atomic E-state index is 0.167. The van der Waals surface area contributed by atoms with Gasteiger partial charge in [-0.3, -0.25) is 14.4 Å². The van der Waals surface area contributed by atoms with Gasteiger partial charge in [0.15, 0.2) is 0 Å². The van der Waals surface area contributed by atoms with Crippen molar-refractivity contribution < 1.29 is 24.3 Å². The molecule has 0 saturated carbocycles. The number of anilines is 1. The average molecular weight is 291 g/mol. The van der Waals surface area contributed by atoms with E-state index in [1.165, 1.54) is 12.1 Å². The van der Waals surface area contributed by atoms with Gasteiger partial charge in [0.25, 0.3) is 5.91 Å². The Morgan fingerprint density at radius 3 is 2.71 bits per heavy atom. The van der Waals surface area contributed by atoms with Crippen molar-refractivity contribution in [3.05, 3.63) is 29.3 Å². The normalized spacial score (nSPS) is 14.0. The molecule has 5 N–H and O–H groups in total. The predicted octanol–water partition coefficient (Wildman–Crippen LogP) is -0.760. The quantitative estimate of drug-likeness (QED) is 0.564. The van der Waals surface area contributed by atoms with Crippen molar-refractivity contribution in [1.29, 1.82) is 0 Å². The number of nitrogens with one attached hydrogen (secondary N) is 2. The maximum Gasteiger partial charge on any atom is 0.326 e. The number of carbonyl (C=O) groups is 4. The van der Waals surface area contributed by atoms with E-state index in [0.717, 1.165) is 5.56 Å². The maximum absolute atomic E-state index is 12.0. The van der Waals surface area contributed by atoms with Crippen LogP contribution in [-0.4, -0.2) is 34.8 Å². The highest BCUT2D eigenvalue weighted by molar-refractivity contribution is 6.03. The summed E-state index contributed by atoms with van der Waals surface area (Å²) in [6.45, 7) is 0. The van der Waals surface area contributed by atoms with Crippen LogP contribution in [0.5, 0.6) is 0 Å². The molecule has 1 atom stereocenters. The fraction of sp³-hybridized carbons (Fsp3) is 0.231. The van der Waals surface area contributed by atoms with Gasteiger partial charge in [0.1, 0.15) is 6.04 Å². The van der Waals surface area contributed by atoms with Gasteiger partial charge < -0.3 is 21.5 Å². The zero-order chi connectivity index (χ0) is 15.6. The molecule has 1 unspecified atom stereocenters. The number of amides is 3. The molecule has 8 heteroatoms. The fourth-order valence-corrected chi connectivity index (χ4v) is 2.00. The molecule has 8 nitrogen and oxygen atoms in total. The predicted molar refractivity (Wildman–Crippen MR) is 71.5 cm³/mol. The lowest BCUT2D eigenvalue weighted by atomic mass is 10.1. The van der Waals surface area contributed by atoms with Crippen LogP contribution in [-0.2, 0) is 20.8 Å². The van der Waals surface area contributed by atoms with Crippen LogP contribution in [0.4, 0.5) is 5.69 Å². The van der Waals surface area contributed by atoms with Gasteiger partial charge in [-0.15, -0.1) is 0 Å². The summed E-state index contributed by atoms with van der Waals surface area (Å²) in [5, 5.41) is 13.7. The molecule has 1 aliphatic rings. The Bertz CT molecular complexity index is 641. The molecule has 1 aromatic rings. The van der Waals surface area contributed by atoms with Gasteiger partial charge in [-0.25, -0.2) is 4.79 Å². The molecule has 0 spiro atoms. The van der Waals surface area contributed by atoms with Gasteiger partial charge >= 0.3 is 5.97 Å². The molecule has 3 amide bonds. The van der Waals surface area contributed by atoms with Crippen molar-refractivity contribution in [3.8, 4) is 0 Å². The van der Waals surface area contributed by atoms with Gasteiger partial charge in [-0.1, -0.05) is 6.07 Å². The molecule has 2 rings (SSSR count). The number of nitrogens with two attached hydrogens (primary N) is 1. The second-order valence-electron chi connectivity index (χ2n) is 4.63. The number of primary amides is 1. The van der Waals surface area contributed by atoms with Crippen LogP contribution in [0.25, 0.3) is 0 Å². The molecule has 0 bridgehead atoms. The lowest BCUT2D eigenvalue weighted by molar-refractivity contribution is -0.140. The first-order valence-corrected chi connectivity index (χ1v) is 6.11. The molecule has 1 aliphatic heterocycles. The number of aliphatic carboxylic acids is 1. The first kappa shape index (κ1) is 14.5. The van der Waals surface area contributed by atoms with E-state index < -0.39 is 30.2 Å². The van der Waals surface area contributed by atoms with Crippen LogP contribution < -0.4 is 16.4 Å². The summed E-state index contributed by atoms with van der Waals surface area (Å²) >= 11 is 0. The van der Waals surface area contributed by atoms with Crippen LogP contribution in [0.15, 0.2) is 18.2 Å². The third kappa shape index (κ3) is 3.35. The topological polar surface area (TPSA) is 139 Å². The Morgan fingerprint density at radius 2 is 2.10 bits per heavy atom. The van der Waals surface area contributed by atoms with Crippen molar-refractivity contribution >= 4 is 29.4 Å². The van der Waals surface area contributed by atoms with Crippen LogP contribution in [0.2, 0.25) is 0 Å². The molecular formula is C13H13N3O5. The Morgan fingerprint density at radius 1 is 1.38 bits per heavy atom. The molecule has 0 aromatic heterocycles. The van der Waals surface area contributed by atoms with Gasteiger partial charge in [0, 0.05) is 11.3 Å². The van der Waals surface area contributed by atoms with Crippen molar-refractivity contribution in [2.24, 2.45) is 5.73 Å². The first-order valence-electron chi connectivity index (χ1n) is 6.11. The number of benzene rings is 1. The Balaban J connectivity index is 2.13. The smallest absolute Gasteiger partial charge is 0.326 e. The summed E-state index contributed by atoms with van der Waals surface area (Å²) in [6, 6.07) is 3.17. The van der Waals surface area contributed by atoms with Gasteiger partial charge in [0.2, 0.25) is 11.8 Å². The molecule has 1 heterocycles. The zero-order valence-corrected chi connectivity index (χ0v) is 10.9. The van der Waals surface area contributed by atoms with E-state index in [2.05, 4.69) is 10.6 Å². The molecular weight excluding hydrogens is 278 g/mol. The fourth-order valence-electron chi connectivity index (χ4n) is 2.00. The largest absolute Gasteiger partial charge is 0.480 e. The van der Waals surface area contributed by atoms with E-state index in [9.17, 15) is 19.2 Å². The summed E-state index contributed by atoms with van der Waals surface area (Å²) in [5.74, 6) is -3.01. The van der Waals surface area contributed by atoms with E-state index in [4.69, 9.17) is 10.8 Å². The summed E-state index contributed by atoms with van der Waals surface area (Å²) in [7, 11) is 0. The molecule has 21 heavy (non-hydrogen) atoms. The SMILES string of the molecule is NC(=O)CC(NC(=O)c1ccc2c(c1)NC(=O)C2)C(=O)O. The van der Waals surface area contributed by atoms with Gasteiger partial charge in [-0.2, -0.15) is 0 Å². The van der Waals surface area contributed by atoms with Crippen LogP contribution >= 0.6 is 0 Å². The lowest BCUT2D eigenvalue weighted by Gasteiger charge is -2.13. The Hall–Kier alpha value is -2.90. The first-order chi connectivity index (χ1) is 9.86. The number of hydrogen-bond acceptors (Lipinski definition) is 4. The van der Waals surface area contributed by atoms with E-state index in [-0.39, 0.29) is 17.9 Å². The Kier molecular flexibility index (Phi) is 3.88. The average Bonchev–Trinajstić information content (AvgIpc) is 2.76. The molecule has 110 valence electrons. The summed E-state index contributed by atoms with van der Waals surface area (Å²) in [5.41, 5.74) is 6.41. The highest BCUT2D eigenvalue weighted by Crippen LogP contribution is 2.24. The van der Waals surface area contributed by atoms with Gasteiger partial charge in [-0.05, 0) is 17.7 Å². The van der Waals surface area contributed by atoms with Crippen LogP contribution in [0.3, 0.4) is 0 Å². The minimum Gasteiger partial charge on any atom is -0.480 e. The van der Waals surface area contributed by atoms with Crippen LogP contribution in [0.1, 0.15) is 22.3 Å². The minimum atomic E-state index is -1.39. The highest BCUT2D eigenvalue weighted by Gasteiger charge is 2.24. The number of fused-ring (bicyclic) bond motifs is 1. The second-order valence-corrected chi connectivity index (χ2v) is 4.63. The second kappa shape index (κ2) is 5.61. The number of carbonyl (C=O) groups excluding carboxylic acids is 3. The highest BCUT2D eigenvalue weighted by atomic mass is 16.4. The zero-order valence-electron chi connectivity index (χ0n) is 10.9. The van der Waals surface area contributed by atoms with E-state index >= 15 is 0 Å². The monoisotopic (exact) mass is 291 g/mol. The van der Waals surface area contributed by atoms with Crippen molar-refractivity contribution in [1.82, 2.24) is 5.32 Å². The summed E-state index contributed by atoms with van der Waals surface area (Å²) < 4.78 is 0. The molecule has 0 fully saturated rings. The third-order valence-electron chi connectivity index (χ3n) is 3.01. The molecule has 0 radical (unpaired) electrons.